The first-order valence-corrected chi connectivity index (χ1v) is 12.9. The van der Waals surface area contributed by atoms with Gasteiger partial charge >= 0.3 is 0 Å². The Hall–Kier alpha value is -3.32. The molecule has 1 fully saturated rings. The van der Waals surface area contributed by atoms with Crippen molar-refractivity contribution in [2.45, 2.75) is 50.7 Å². The van der Waals surface area contributed by atoms with E-state index in [4.69, 9.17) is 9.47 Å². The van der Waals surface area contributed by atoms with E-state index in [0.29, 0.717) is 21.9 Å². The van der Waals surface area contributed by atoms with Crippen LogP contribution in [0.1, 0.15) is 58.9 Å². The molecule has 0 unspecified atom stereocenters. The number of methoxy groups -OCH3 is 2. The first-order valence-electron chi connectivity index (χ1n) is 12.0. The molecule has 4 rings (SSSR count). The molecule has 1 aromatic heterocycles. The Bertz CT molecular complexity index is 1130. The summed E-state index contributed by atoms with van der Waals surface area (Å²) >= 11 is 1.37. The molecule has 7 heteroatoms. The largest absolute Gasteiger partial charge is 0.497 e. The van der Waals surface area contributed by atoms with Gasteiger partial charge in [0.2, 0.25) is 5.91 Å². The summed E-state index contributed by atoms with van der Waals surface area (Å²) in [7, 11) is 3.21. The minimum atomic E-state index is -0.827. The lowest BCUT2D eigenvalue weighted by Crippen LogP contribution is -2.46. The van der Waals surface area contributed by atoms with Gasteiger partial charge in [0.25, 0.3) is 5.91 Å². The summed E-state index contributed by atoms with van der Waals surface area (Å²) in [5, 5.41) is 5.12. The van der Waals surface area contributed by atoms with Gasteiger partial charge in [0, 0.05) is 11.6 Å². The minimum absolute atomic E-state index is 0.120. The van der Waals surface area contributed by atoms with Crippen LogP contribution in [0.4, 0.5) is 0 Å². The highest BCUT2D eigenvalue weighted by Gasteiger charge is 2.34. The van der Waals surface area contributed by atoms with Gasteiger partial charge in [0.05, 0.1) is 25.6 Å². The van der Waals surface area contributed by atoms with Crippen LogP contribution in [0.15, 0.2) is 66.0 Å². The number of carbonyl (C=O) groups is 2. The number of hydrogen-bond donors (Lipinski definition) is 1. The molecule has 0 bridgehead atoms. The number of ether oxygens (including phenoxy) is 2. The number of nitrogens with one attached hydrogen (secondary N) is 1. The van der Waals surface area contributed by atoms with Crippen LogP contribution in [-0.4, -0.2) is 37.0 Å². The van der Waals surface area contributed by atoms with Crippen molar-refractivity contribution in [2.75, 3.05) is 14.2 Å². The normalized spacial score (nSPS) is 14.7. The number of hydrogen-bond acceptors (Lipinski definition) is 5. The summed E-state index contributed by atoms with van der Waals surface area (Å²) in [6.45, 7) is 0.223. The summed E-state index contributed by atoms with van der Waals surface area (Å²) in [6, 6.07) is 17.9. The number of nitrogens with zero attached hydrogens (tertiary/aromatic N) is 1. The van der Waals surface area contributed by atoms with E-state index in [2.05, 4.69) is 5.32 Å². The number of para-hydroxylation sites is 1. The molecule has 0 saturated heterocycles. The van der Waals surface area contributed by atoms with E-state index in [-0.39, 0.29) is 24.4 Å². The number of benzene rings is 2. The average Bonchev–Trinajstić information content (AvgIpc) is 3.44. The zero-order valence-electron chi connectivity index (χ0n) is 20.2. The lowest BCUT2D eigenvalue weighted by Gasteiger charge is -2.33. The van der Waals surface area contributed by atoms with Crippen LogP contribution in [0.3, 0.4) is 0 Å². The Labute approximate surface area is 210 Å². The first kappa shape index (κ1) is 24.8. The second-order valence-electron chi connectivity index (χ2n) is 8.74. The molecule has 1 N–H and O–H groups in total. The number of amides is 2. The van der Waals surface area contributed by atoms with Crippen LogP contribution in [0.25, 0.3) is 0 Å². The van der Waals surface area contributed by atoms with Crippen molar-refractivity contribution >= 4 is 23.2 Å². The highest BCUT2D eigenvalue weighted by Crippen LogP contribution is 2.31. The fraction of sp³-hybridized carbons (Fsp3) is 0.357. The second-order valence-corrected chi connectivity index (χ2v) is 9.69. The molecule has 1 saturated carbocycles. The van der Waals surface area contributed by atoms with Crippen LogP contribution in [-0.2, 0) is 11.3 Å². The van der Waals surface area contributed by atoms with Crippen molar-refractivity contribution in [3.63, 3.8) is 0 Å². The number of carbonyl (C=O) groups excluding carboxylic acids is 2. The molecule has 1 heterocycles. The van der Waals surface area contributed by atoms with E-state index in [1.807, 2.05) is 60.0 Å². The van der Waals surface area contributed by atoms with Crippen molar-refractivity contribution in [3.05, 3.63) is 82.0 Å². The summed E-state index contributed by atoms with van der Waals surface area (Å²) in [5.74, 6) is 0.940. The molecule has 35 heavy (non-hydrogen) atoms. The van der Waals surface area contributed by atoms with Gasteiger partial charge in [-0.2, -0.15) is 0 Å². The Morgan fingerprint density at radius 2 is 1.80 bits per heavy atom. The maximum Gasteiger partial charge on any atom is 0.265 e. The lowest BCUT2D eigenvalue weighted by molar-refractivity contribution is -0.127. The second kappa shape index (κ2) is 11.9. The van der Waals surface area contributed by atoms with E-state index in [1.54, 1.807) is 25.2 Å². The fourth-order valence-corrected chi connectivity index (χ4v) is 5.33. The van der Waals surface area contributed by atoms with E-state index >= 15 is 0 Å². The molecule has 0 aliphatic heterocycles. The van der Waals surface area contributed by atoms with E-state index in [0.717, 1.165) is 31.2 Å². The third kappa shape index (κ3) is 6.03. The predicted molar refractivity (Wildman–Crippen MR) is 138 cm³/mol. The van der Waals surface area contributed by atoms with Gasteiger partial charge < -0.3 is 19.7 Å². The molecule has 0 radical (unpaired) electrons. The zero-order chi connectivity index (χ0) is 24.6. The average molecular weight is 493 g/mol. The molecular weight excluding hydrogens is 460 g/mol. The maximum atomic E-state index is 13.9. The Balaban J connectivity index is 1.77. The zero-order valence-corrected chi connectivity index (χ0v) is 21.1. The van der Waals surface area contributed by atoms with E-state index in [9.17, 15) is 9.59 Å². The smallest absolute Gasteiger partial charge is 0.265 e. The third-order valence-electron chi connectivity index (χ3n) is 6.45. The number of rotatable bonds is 9. The molecule has 184 valence electrons. The van der Waals surface area contributed by atoms with Gasteiger partial charge in [-0.3, -0.25) is 9.59 Å². The molecule has 2 amide bonds. The third-order valence-corrected chi connectivity index (χ3v) is 7.30. The molecular formula is C28H32N2O4S. The van der Waals surface area contributed by atoms with Gasteiger partial charge in [0.15, 0.2) is 0 Å². The van der Waals surface area contributed by atoms with Gasteiger partial charge in [-0.25, -0.2) is 0 Å². The molecule has 1 aliphatic rings. The summed E-state index contributed by atoms with van der Waals surface area (Å²) < 4.78 is 11.0. The van der Waals surface area contributed by atoms with E-state index in [1.165, 1.54) is 17.8 Å². The van der Waals surface area contributed by atoms with Crippen molar-refractivity contribution in [1.29, 1.82) is 0 Å². The lowest BCUT2D eigenvalue weighted by atomic mass is 9.94. The van der Waals surface area contributed by atoms with Gasteiger partial charge in [-0.05, 0) is 48.1 Å². The van der Waals surface area contributed by atoms with Gasteiger partial charge in [-0.15, -0.1) is 11.3 Å². The van der Waals surface area contributed by atoms with Crippen molar-refractivity contribution in [3.8, 4) is 11.5 Å². The van der Waals surface area contributed by atoms with Crippen LogP contribution >= 0.6 is 11.3 Å². The molecule has 1 aliphatic carbocycles. The Morgan fingerprint density at radius 1 is 1.00 bits per heavy atom. The van der Waals surface area contributed by atoms with Crippen LogP contribution < -0.4 is 14.8 Å². The standard InChI is InChI=1S/C28H32N2O4S/c1-33-23-14-8-11-20(18-23)26(27(31)29-22-12-4-3-5-13-22)30(28(32)25-16-9-17-35-25)19-21-10-6-7-15-24(21)34-2/h6-11,14-18,22,26H,3-5,12-13,19H2,1-2H3,(H,29,31)/t26-/m1/s1. The molecule has 2 aromatic carbocycles. The SMILES string of the molecule is COc1cccc([C@H](C(=O)NC2CCCCC2)N(Cc2ccccc2OC)C(=O)c2cccs2)c1. The van der Waals surface area contributed by atoms with Crippen LogP contribution in [0.5, 0.6) is 11.5 Å². The summed E-state index contributed by atoms with van der Waals surface area (Å²) in [6.07, 6.45) is 5.33. The van der Waals surface area contributed by atoms with Gasteiger partial charge in [-0.1, -0.05) is 55.7 Å². The highest BCUT2D eigenvalue weighted by atomic mass is 32.1. The quantitative estimate of drug-likeness (QED) is 0.422. The van der Waals surface area contributed by atoms with Crippen molar-refractivity contribution in [2.24, 2.45) is 0 Å². The van der Waals surface area contributed by atoms with Crippen molar-refractivity contribution in [1.82, 2.24) is 10.2 Å². The van der Waals surface area contributed by atoms with Crippen molar-refractivity contribution < 1.29 is 19.1 Å². The first-order chi connectivity index (χ1) is 17.1. The molecule has 0 spiro atoms. The van der Waals surface area contributed by atoms with Crippen LogP contribution in [0, 0.1) is 0 Å². The monoisotopic (exact) mass is 492 g/mol. The summed E-state index contributed by atoms with van der Waals surface area (Å²) in [4.78, 5) is 30.0. The minimum Gasteiger partial charge on any atom is -0.497 e. The van der Waals surface area contributed by atoms with Gasteiger partial charge in [0.1, 0.15) is 17.5 Å². The topological polar surface area (TPSA) is 67.9 Å². The van der Waals surface area contributed by atoms with E-state index < -0.39 is 6.04 Å². The van der Waals surface area contributed by atoms with Crippen LogP contribution in [0.2, 0.25) is 0 Å². The molecule has 3 aromatic rings. The maximum absolute atomic E-state index is 13.9. The Kier molecular flexibility index (Phi) is 8.42. The highest BCUT2D eigenvalue weighted by molar-refractivity contribution is 7.12. The summed E-state index contributed by atoms with van der Waals surface area (Å²) in [5.41, 5.74) is 1.54. The predicted octanol–water partition coefficient (Wildman–Crippen LogP) is 5.60. The molecule has 6 nitrogen and oxygen atoms in total. The Morgan fingerprint density at radius 3 is 2.51 bits per heavy atom. The molecule has 1 atom stereocenters. The number of thiophene rings is 1. The fourth-order valence-electron chi connectivity index (χ4n) is 4.65.